The van der Waals surface area contributed by atoms with Crippen molar-refractivity contribution in [2.45, 2.75) is 44.6 Å². The topological polar surface area (TPSA) is 41.1 Å². The average Bonchev–Trinajstić information content (AvgIpc) is 2.63. The van der Waals surface area contributed by atoms with E-state index in [0.29, 0.717) is 0 Å². The van der Waals surface area contributed by atoms with E-state index in [1.165, 1.54) is 18.9 Å². The van der Waals surface area contributed by atoms with Crippen LogP contribution in [0.3, 0.4) is 0 Å². The SMILES string of the molecule is O=C(Nc1c(F)cccc1F)NC1CCCCCC1. The lowest BCUT2D eigenvalue weighted by Crippen LogP contribution is -2.38. The fourth-order valence-corrected chi connectivity index (χ4v) is 2.38. The predicted molar refractivity (Wildman–Crippen MR) is 70.0 cm³/mol. The van der Waals surface area contributed by atoms with Gasteiger partial charge in [-0.3, -0.25) is 0 Å². The summed E-state index contributed by atoms with van der Waals surface area (Å²) in [5.74, 6) is -1.54. The first-order valence-electron chi connectivity index (χ1n) is 6.68. The smallest absolute Gasteiger partial charge is 0.319 e. The lowest BCUT2D eigenvalue weighted by Gasteiger charge is -2.17. The lowest BCUT2D eigenvalue weighted by atomic mass is 10.1. The maximum Gasteiger partial charge on any atom is 0.319 e. The summed E-state index contributed by atoms with van der Waals surface area (Å²) in [6, 6.07) is 3.04. The zero-order valence-corrected chi connectivity index (χ0v) is 10.7. The number of rotatable bonds is 2. The molecule has 19 heavy (non-hydrogen) atoms. The molecule has 2 rings (SSSR count). The molecule has 1 aromatic rings. The number of benzene rings is 1. The van der Waals surface area contributed by atoms with Gasteiger partial charge in [0.15, 0.2) is 0 Å². The van der Waals surface area contributed by atoms with E-state index in [4.69, 9.17) is 0 Å². The second-order valence-corrected chi connectivity index (χ2v) is 4.88. The molecule has 1 aliphatic rings. The number of hydrogen-bond donors (Lipinski definition) is 2. The highest BCUT2D eigenvalue weighted by Crippen LogP contribution is 2.19. The largest absolute Gasteiger partial charge is 0.335 e. The normalized spacial score (nSPS) is 16.7. The van der Waals surface area contributed by atoms with E-state index in [9.17, 15) is 13.6 Å². The van der Waals surface area contributed by atoms with Crippen molar-refractivity contribution in [3.05, 3.63) is 29.8 Å². The summed E-state index contributed by atoms with van der Waals surface area (Å²) >= 11 is 0. The molecule has 0 radical (unpaired) electrons. The Morgan fingerprint density at radius 2 is 1.63 bits per heavy atom. The van der Waals surface area contributed by atoms with Gasteiger partial charge in [-0.25, -0.2) is 13.6 Å². The van der Waals surface area contributed by atoms with Gasteiger partial charge in [0.1, 0.15) is 17.3 Å². The van der Waals surface area contributed by atoms with E-state index < -0.39 is 23.4 Å². The van der Waals surface area contributed by atoms with Crippen LogP contribution in [0.4, 0.5) is 19.3 Å². The quantitative estimate of drug-likeness (QED) is 0.787. The third kappa shape index (κ3) is 3.91. The van der Waals surface area contributed by atoms with Crippen LogP contribution in [0.1, 0.15) is 38.5 Å². The molecule has 0 saturated heterocycles. The van der Waals surface area contributed by atoms with Crippen LogP contribution in [0.15, 0.2) is 18.2 Å². The maximum atomic E-state index is 13.4. The molecule has 0 spiro atoms. The van der Waals surface area contributed by atoms with Crippen molar-refractivity contribution in [1.82, 2.24) is 5.32 Å². The molecule has 1 aliphatic carbocycles. The maximum absolute atomic E-state index is 13.4. The van der Waals surface area contributed by atoms with Gasteiger partial charge in [0.25, 0.3) is 0 Å². The van der Waals surface area contributed by atoms with Gasteiger partial charge in [0.05, 0.1) is 0 Å². The highest BCUT2D eigenvalue weighted by molar-refractivity contribution is 5.89. The Balaban J connectivity index is 1.93. The minimum atomic E-state index is -0.768. The average molecular weight is 268 g/mol. The molecule has 2 amide bonds. The van der Waals surface area contributed by atoms with E-state index >= 15 is 0 Å². The summed E-state index contributed by atoms with van der Waals surface area (Å²) < 4.78 is 26.7. The third-order valence-corrected chi connectivity index (χ3v) is 3.39. The molecule has 0 unspecified atom stereocenters. The molecule has 0 bridgehead atoms. The molecule has 5 heteroatoms. The third-order valence-electron chi connectivity index (χ3n) is 3.39. The van der Waals surface area contributed by atoms with Crippen LogP contribution in [0, 0.1) is 11.6 Å². The Morgan fingerprint density at radius 3 is 2.21 bits per heavy atom. The molecule has 2 N–H and O–H groups in total. The van der Waals surface area contributed by atoms with Crippen molar-refractivity contribution in [3.8, 4) is 0 Å². The van der Waals surface area contributed by atoms with Crippen molar-refractivity contribution in [2.24, 2.45) is 0 Å². The van der Waals surface area contributed by atoms with Gasteiger partial charge < -0.3 is 10.6 Å². The number of anilines is 1. The molecule has 104 valence electrons. The second-order valence-electron chi connectivity index (χ2n) is 4.88. The Hall–Kier alpha value is -1.65. The van der Waals surface area contributed by atoms with E-state index in [0.717, 1.165) is 37.8 Å². The Kier molecular flexibility index (Phi) is 4.71. The molecular formula is C14H18F2N2O. The van der Waals surface area contributed by atoms with Crippen LogP contribution in [-0.4, -0.2) is 12.1 Å². The van der Waals surface area contributed by atoms with E-state index in [2.05, 4.69) is 10.6 Å². The van der Waals surface area contributed by atoms with Crippen molar-refractivity contribution in [2.75, 3.05) is 5.32 Å². The number of hydrogen-bond acceptors (Lipinski definition) is 1. The summed E-state index contributed by atoms with van der Waals surface area (Å²) in [6.07, 6.45) is 6.38. The van der Waals surface area contributed by atoms with Crippen molar-refractivity contribution < 1.29 is 13.6 Å². The van der Waals surface area contributed by atoms with Gasteiger partial charge >= 0.3 is 6.03 Å². The fraction of sp³-hybridized carbons (Fsp3) is 0.500. The molecule has 0 atom stereocenters. The van der Waals surface area contributed by atoms with Crippen LogP contribution in [0.25, 0.3) is 0 Å². The molecule has 0 aromatic heterocycles. The first kappa shape index (κ1) is 13.8. The van der Waals surface area contributed by atoms with Crippen LogP contribution in [-0.2, 0) is 0 Å². The number of nitrogens with one attached hydrogen (secondary N) is 2. The number of para-hydroxylation sites is 1. The molecular weight excluding hydrogens is 250 g/mol. The number of amides is 2. The van der Waals surface area contributed by atoms with E-state index in [1.807, 2.05) is 0 Å². The molecule has 1 aromatic carbocycles. The standard InChI is InChI=1S/C14H18F2N2O/c15-11-8-5-9-12(16)13(11)18-14(19)17-10-6-3-1-2-4-7-10/h5,8-10H,1-4,6-7H2,(H2,17,18,19). The highest BCUT2D eigenvalue weighted by Gasteiger charge is 2.16. The number of carbonyl (C=O) groups is 1. The van der Waals surface area contributed by atoms with Gasteiger partial charge in [-0.15, -0.1) is 0 Å². The Labute approximate surface area is 111 Å². The summed E-state index contributed by atoms with van der Waals surface area (Å²) in [5.41, 5.74) is -0.395. The lowest BCUT2D eigenvalue weighted by molar-refractivity contribution is 0.247. The van der Waals surface area contributed by atoms with Gasteiger partial charge in [-0.1, -0.05) is 31.7 Å². The Bertz CT molecular complexity index is 423. The van der Waals surface area contributed by atoms with Crippen LogP contribution in [0.5, 0.6) is 0 Å². The summed E-state index contributed by atoms with van der Waals surface area (Å²) in [7, 11) is 0. The Morgan fingerprint density at radius 1 is 1.05 bits per heavy atom. The summed E-state index contributed by atoms with van der Waals surface area (Å²) in [5, 5.41) is 5.02. The second kappa shape index (κ2) is 6.50. The molecule has 3 nitrogen and oxygen atoms in total. The van der Waals surface area contributed by atoms with Crippen molar-refractivity contribution >= 4 is 11.7 Å². The predicted octanol–water partition coefficient (Wildman–Crippen LogP) is 3.81. The minimum Gasteiger partial charge on any atom is -0.335 e. The van der Waals surface area contributed by atoms with Gasteiger partial charge in [0, 0.05) is 6.04 Å². The van der Waals surface area contributed by atoms with Gasteiger partial charge in [0.2, 0.25) is 0 Å². The minimum absolute atomic E-state index is 0.0948. The summed E-state index contributed by atoms with van der Waals surface area (Å²) in [6.45, 7) is 0. The van der Waals surface area contributed by atoms with Crippen LogP contribution < -0.4 is 10.6 Å². The first-order chi connectivity index (χ1) is 9.16. The monoisotopic (exact) mass is 268 g/mol. The van der Waals surface area contributed by atoms with Gasteiger partial charge in [-0.05, 0) is 25.0 Å². The van der Waals surface area contributed by atoms with Crippen LogP contribution in [0.2, 0.25) is 0 Å². The molecule has 1 fully saturated rings. The van der Waals surface area contributed by atoms with Crippen LogP contribution >= 0.6 is 0 Å². The number of urea groups is 1. The first-order valence-corrected chi connectivity index (χ1v) is 6.68. The number of halogens is 2. The zero-order valence-electron chi connectivity index (χ0n) is 10.7. The van der Waals surface area contributed by atoms with E-state index in [-0.39, 0.29) is 6.04 Å². The molecule has 0 heterocycles. The zero-order chi connectivity index (χ0) is 13.7. The highest BCUT2D eigenvalue weighted by atomic mass is 19.1. The van der Waals surface area contributed by atoms with Gasteiger partial charge in [-0.2, -0.15) is 0 Å². The number of carbonyl (C=O) groups excluding carboxylic acids is 1. The molecule has 1 saturated carbocycles. The fourth-order valence-electron chi connectivity index (χ4n) is 2.38. The summed E-state index contributed by atoms with van der Waals surface area (Å²) in [4.78, 5) is 11.7. The van der Waals surface area contributed by atoms with Crippen molar-refractivity contribution in [3.63, 3.8) is 0 Å². The van der Waals surface area contributed by atoms with Crippen molar-refractivity contribution in [1.29, 1.82) is 0 Å². The van der Waals surface area contributed by atoms with E-state index in [1.54, 1.807) is 0 Å². The molecule has 0 aliphatic heterocycles.